The van der Waals surface area contributed by atoms with Gasteiger partial charge in [0.1, 0.15) is 23.9 Å². The Morgan fingerprint density at radius 2 is 1.74 bits per heavy atom. The van der Waals surface area contributed by atoms with Gasteiger partial charge in [-0.3, -0.25) is 4.79 Å². The van der Waals surface area contributed by atoms with E-state index in [9.17, 15) is 4.79 Å². The molecule has 0 aliphatic rings. The highest BCUT2D eigenvalue weighted by Gasteiger charge is 2.04. The molecule has 1 amide bonds. The standard InChI is InChI=1S/C17H18BrNO4/c1-21-13-6-8-14(9-7-13)22-11-10-19-17(20)12-23-16-5-3-2-4-15(16)18/h2-9H,10-12H2,1H3,(H,19,20). The van der Waals surface area contributed by atoms with Gasteiger partial charge >= 0.3 is 0 Å². The van der Waals surface area contributed by atoms with Gasteiger partial charge in [-0.2, -0.15) is 0 Å². The van der Waals surface area contributed by atoms with E-state index >= 15 is 0 Å². The summed E-state index contributed by atoms with van der Waals surface area (Å²) in [5.74, 6) is 1.94. The second kappa shape index (κ2) is 9.05. The number of halogens is 1. The summed E-state index contributed by atoms with van der Waals surface area (Å²) in [5.41, 5.74) is 0. The van der Waals surface area contributed by atoms with Crippen LogP contribution in [-0.4, -0.2) is 32.8 Å². The van der Waals surface area contributed by atoms with Crippen LogP contribution < -0.4 is 19.5 Å². The van der Waals surface area contributed by atoms with E-state index in [1.54, 1.807) is 13.2 Å². The maximum absolute atomic E-state index is 11.7. The van der Waals surface area contributed by atoms with Gasteiger partial charge in [-0.15, -0.1) is 0 Å². The number of benzene rings is 2. The fourth-order valence-electron chi connectivity index (χ4n) is 1.79. The molecule has 0 atom stereocenters. The number of methoxy groups -OCH3 is 1. The van der Waals surface area contributed by atoms with Crippen molar-refractivity contribution in [1.82, 2.24) is 5.32 Å². The Balaban J connectivity index is 1.63. The van der Waals surface area contributed by atoms with Gasteiger partial charge in [-0.25, -0.2) is 0 Å². The van der Waals surface area contributed by atoms with Crippen molar-refractivity contribution in [3.63, 3.8) is 0 Å². The molecule has 6 heteroatoms. The number of para-hydroxylation sites is 1. The minimum Gasteiger partial charge on any atom is -0.497 e. The van der Waals surface area contributed by atoms with Gasteiger partial charge in [0.15, 0.2) is 6.61 Å². The molecule has 0 spiro atoms. The minimum atomic E-state index is -0.195. The van der Waals surface area contributed by atoms with Crippen molar-refractivity contribution in [2.45, 2.75) is 0 Å². The third-order valence-electron chi connectivity index (χ3n) is 2.95. The molecule has 0 bridgehead atoms. The average molecular weight is 380 g/mol. The lowest BCUT2D eigenvalue weighted by Gasteiger charge is -2.10. The fourth-order valence-corrected chi connectivity index (χ4v) is 2.19. The number of carbonyl (C=O) groups excluding carboxylic acids is 1. The predicted octanol–water partition coefficient (Wildman–Crippen LogP) is 3.03. The van der Waals surface area contributed by atoms with E-state index in [1.807, 2.05) is 42.5 Å². The number of nitrogens with one attached hydrogen (secondary N) is 1. The van der Waals surface area contributed by atoms with Crippen molar-refractivity contribution >= 4 is 21.8 Å². The SMILES string of the molecule is COc1ccc(OCCNC(=O)COc2ccccc2Br)cc1. The molecule has 122 valence electrons. The van der Waals surface area contributed by atoms with E-state index in [0.717, 1.165) is 16.0 Å². The molecule has 2 aromatic rings. The van der Waals surface area contributed by atoms with E-state index < -0.39 is 0 Å². The summed E-state index contributed by atoms with van der Waals surface area (Å²) in [4.78, 5) is 11.7. The molecule has 2 aromatic carbocycles. The number of rotatable bonds is 8. The zero-order chi connectivity index (χ0) is 16.5. The zero-order valence-electron chi connectivity index (χ0n) is 12.8. The highest BCUT2D eigenvalue weighted by Crippen LogP contribution is 2.23. The first kappa shape index (κ1) is 17.1. The van der Waals surface area contributed by atoms with Gasteiger partial charge in [-0.05, 0) is 52.3 Å². The fraction of sp³-hybridized carbons (Fsp3) is 0.235. The van der Waals surface area contributed by atoms with Gasteiger partial charge in [-0.1, -0.05) is 12.1 Å². The van der Waals surface area contributed by atoms with E-state index in [1.165, 1.54) is 0 Å². The summed E-state index contributed by atoms with van der Waals surface area (Å²) in [7, 11) is 1.61. The van der Waals surface area contributed by atoms with Gasteiger partial charge in [0.2, 0.25) is 0 Å². The molecule has 1 N–H and O–H groups in total. The Hall–Kier alpha value is -2.21. The maximum Gasteiger partial charge on any atom is 0.258 e. The Bertz CT molecular complexity index is 631. The average Bonchev–Trinajstić information content (AvgIpc) is 2.58. The van der Waals surface area contributed by atoms with Gasteiger partial charge in [0, 0.05) is 0 Å². The van der Waals surface area contributed by atoms with Gasteiger partial charge < -0.3 is 19.5 Å². The Morgan fingerprint density at radius 3 is 2.43 bits per heavy atom. The lowest BCUT2D eigenvalue weighted by atomic mass is 10.3. The third kappa shape index (κ3) is 5.83. The number of carbonyl (C=O) groups is 1. The number of hydrogen-bond acceptors (Lipinski definition) is 4. The van der Waals surface area contributed by atoms with E-state index in [4.69, 9.17) is 14.2 Å². The molecule has 2 rings (SSSR count). The molecule has 0 heterocycles. The summed E-state index contributed by atoms with van der Waals surface area (Å²) in [6.45, 7) is 0.752. The first-order valence-electron chi connectivity index (χ1n) is 7.10. The molecule has 0 fully saturated rings. The molecular weight excluding hydrogens is 362 g/mol. The van der Waals surface area contributed by atoms with Crippen molar-refractivity contribution in [2.24, 2.45) is 0 Å². The topological polar surface area (TPSA) is 56.8 Å². The first-order valence-corrected chi connectivity index (χ1v) is 7.89. The molecule has 0 saturated carbocycles. The van der Waals surface area contributed by atoms with Crippen LogP contribution in [0.5, 0.6) is 17.2 Å². The van der Waals surface area contributed by atoms with Crippen LogP contribution in [0.1, 0.15) is 0 Å². The Labute approximate surface area is 143 Å². The lowest BCUT2D eigenvalue weighted by Crippen LogP contribution is -2.32. The molecule has 0 radical (unpaired) electrons. The minimum absolute atomic E-state index is 0.0366. The van der Waals surface area contributed by atoms with E-state index in [-0.39, 0.29) is 12.5 Å². The summed E-state index contributed by atoms with van der Waals surface area (Å²) >= 11 is 3.36. The summed E-state index contributed by atoms with van der Waals surface area (Å²) < 4.78 is 16.8. The molecule has 0 aliphatic carbocycles. The largest absolute Gasteiger partial charge is 0.497 e. The molecule has 23 heavy (non-hydrogen) atoms. The Morgan fingerprint density at radius 1 is 1.04 bits per heavy atom. The van der Waals surface area contributed by atoms with Crippen LogP contribution in [0.2, 0.25) is 0 Å². The second-order valence-corrected chi connectivity index (χ2v) is 5.45. The van der Waals surface area contributed by atoms with Crippen molar-refractivity contribution in [1.29, 1.82) is 0 Å². The zero-order valence-corrected chi connectivity index (χ0v) is 14.3. The highest BCUT2D eigenvalue weighted by molar-refractivity contribution is 9.10. The number of hydrogen-bond donors (Lipinski definition) is 1. The molecule has 0 aromatic heterocycles. The second-order valence-electron chi connectivity index (χ2n) is 4.59. The van der Waals surface area contributed by atoms with Crippen LogP contribution in [0.15, 0.2) is 53.0 Å². The van der Waals surface area contributed by atoms with E-state index in [2.05, 4.69) is 21.2 Å². The van der Waals surface area contributed by atoms with Crippen LogP contribution >= 0.6 is 15.9 Å². The van der Waals surface area contributed by atoms with Crippen molar-refractivity contribution in [3.8, 4) is 17.2 Å². The number of ether oxygens (including phenoxy) is 3. The molecule has 5 nitrogen and oxygen atoms in total. The van der Waals surface area contributed by atoms with Crippen molar-refractivity contribution in [2.75, 3.05) is 26.9 Å². The van der Waals surface area contributed by atoms with Crippen LogP contribution in [0, 0.1) is 0 Å². The molecular formula is C17H18BrNO4. The third-order valence-corrected chi connectivity index (χ3v) is 3.60. The van der Waals surface area contributed by atoms with Crippen molar-refractivity contribution in [3.05, 3.63) is 53.0 Å². The molecule has 0 unspecified atom stereocenters. The van der Waals surface area contributed by atoms with Crippen LogP contribution in [0.25, 0.3) is 0 Å². The quantitative estimate of drug-likeness (QED) is 0.716. The first-order chi connectivity index (χ1) is 11.2. The predicted molar refractivity (Wildman–Crippen MR) is 91.1 cm³/mol. The van der Waals surface area contributed by atoms with Gasteiger partial charge in [0.05, 0.1) is 18.1 Å². The van der Waals surface area contributed by atoms with Crippen LogP contribution in [0.3, 0.4) is 0 Å². The molecule has 0 aliphatic heterocycles. The normalized spacial score (nSPS) is 10.0. The highest BCUT2D eigenvalue weighted by atomic mass is 79.9. The summed E-state index contributed by atoms with van der Waals surface area (Å²) in [5, 5.41) is 2.74. The summed E-state index contributed by atoms with van der Waals surface area (Å²) in [6, 6.07) is 14.7. The Kier molecular flexibility index (Phi) is 6.75. The monoisotopic (exact) mass is 379 g/mol. The van der Waals surface area contributed by atoms with Crippen LogP contribution in [0.4, 0.5) is 0 Å². The lowest BCUT2D eigenvalue weighted by molar-refractivity contribution is -0.123. The summed E-state index contributed by atoms with van der Waals surface area (Å²) in [6.07, 6.45) is 0. The van der Waals surface area contributed by atoms with Crippen LogP contribution in [-0.2, 0) is 4.79 Å². The van der Waals surface area contributed by atoms with Gasteiger partial charge in [0.25, 0.3) is 5.91 Å². The number of amides is 1. The maximum atomic E-state index is 11.7. The molecule has 0 saturated heterocycles. The van der Waals surface area contributed by atoms with E-state index in [0.29, 0.717) is 18.9 Å². The van der Waals surface area contributed by atoms with Crippen molar-refractivity contribution < 1.29 is 19.0 Å². The smallest absolute Gasteiger partial charge is 0.258 e.